The average molecular weight is 382 g/mol. The lowest BCUT2D eigenvalue weighted by atomic mass is 10.2. The Labute approximate surface area is 154 Å². The van der Waals surface area contributed by atoms with Crippen LogP contribution < -0.4 is 4.90 Å². The molecule has 0 aliphatic carbocycles. The van der Waals surface area contributed by atoms with Crippen LogP contribution in [0.4, 0.5) is 5.69 Å². The van der Waals surface area contributed by atoms with E-state index in [4.69, 9.17) is 23.2 Å². The van der Waals surface area contributed by atoms with Crippen molar-refractivity contribution in [2.75, 3.05) is 11.4 Å². The van der Waals surface area contributed by atoms with Crippen molar-refractivity contribution in [2.24, 2.45) is 0 Å². The molecule has 0 fully saturated rings. The van der Waals surface area contributed by atoms with Gasteiger partial charge in [0.05, 0.1) is 5.75 Å². The number of amides is 1. The molecule has 3 nitrogen and oxygen atoms in total. The summed E-state index contributed by atoms with van der Waals surface area (Å²) in [7, 11) is -1.35. The van der Waals surface area contributed by atoms with E-state index in [1.54, 1.807) is 30.0 Å². The van der Waals surface area contributed by atoms with Crippen molar-refractivity contribution in [3.63, 3.8) is 0 Å². The lowest BCUT2D eigenvalue weighted by Crippen LogP contribution is -2.39. The highest BCUT2D eigenvalue weighted by Gasteiger charge is 2.30. The highest BCUT2D eigenvalue weighted by molar-refractivity contribution is 7.85. The molecule has 0 saturated carbocycles. The molecule has 2 atom stereocenters. The largest absolute Gasteiger partial charge is 0.311 e. The molecule has 0 N–H and O–H groups in total. The van der Waals surface area contributed by atoms with E-state index in [1.807, 2.05) is 24.3 Å². The van der Waals surface area contributed by atoms with Gasteiger partial charge in [-0.15, -0.1) is 0 Å². The first-order valence-corrected chi connectivity index (χ1v) is 9.81. The molecule has 1 heterocycles. The number of hydrogen-bond donors (Lipinski definition) is 0. The summed E-state index contributed by atoms with van der Waals surface area (Å²) in [6.45, 7) is 2.35. The zero-order valence-corrected chi connectivity index (χ0v) is 15.5. The minimum Gasteiger partial charge on any atom is -0.311 e. The fraction of sp³-hybridized carbons (Fsp3) is 0.278. The molecular weight excluding hydrogens is 365 g/mol. The van der Waals surface area contributed by atoms with Gasteiger partial charge in [-0.05, 0) is 42.7 Å². The van der Waals surface area contributed by atoms with Gasteiger partial charge in [0.2, 0.25) is 5.91 Å². The summed E-state index contributed by atoms with van der Waals surface area (Å²) in [6, 6.07) is 12.9. The molecule has 0 radical (unpaired) electrons. The van der Waals surface area contributed by atoms with Crippen molar-refractivity contribution < 1.29 is 9.00 Å². The summed E-state index contributed by atoms with van der Waals surface area (Å²) in [4.78, 5) is 14.5. The number of fused-ring (bicyclic) bond motifs is 1. The van der Waals surface area contributed by atoms with Crippen molar-refractivity contribution in [3.05, 3.63) is 63.6 Å². The minimum atomic E-state index is -1.35. The number of halogens is 2. The Bertz CT molecular complexity index is 809. The van der Waals surface area contributed by atoms with Crippen LogP contribution in [0.15, 0.2) is 42.5 Å². The number of anilines is 1. The topological polar surface area (TPSA) is 37.4 Å². The van der Waals surface area contributed by atoms with Gasteiger partial charge in [0, 0.05) is 33.1 Å². The van der Waals surface area contributed by atoms with Gasteiger partial charge < -0.3 is 4.90 Å². The quantitative estimate of drug-likeness (QED) is 0.794. The Morgan fingerprint density at radius 3 is 2.75 bits per heavy atom. The molecule has 1 amide bonds. The van der Waals surface area contributed by atoms with Crippen molar-refractivity contribution >= 4 is 45.6 Å². The zero-order chi connectivity index (χ0) is 17.3. The maximum Gasteiger partial charge on any atom is 0.242 e. The van der Waals surface area contributed by atoms with E-state index in [0.717, 1.165) is 23.2 Å². The van der Waals surface area contributed by atoms with Gasteiger partial charge in [-0.2, -0.15) is 0 Å². The third-order valence-electron chi connectivity index (χ3n) is 4.21. The summed E-state index contributed by atoms with van der Waals surface area (Å²) in [6.07, 6.45) is 0.838. The highest BCUT2D eigenvalue weighted by atomic mass is 35.5. The van der Waals surface area contributed by atoms with Crippen LogP contribution in [0.5, 0.6) is 0 Å². The first-order chi connectivity index (χ1) is 11.5. The monoisotopic (exact) mass is 381 g/mol. The summed E-state index contributed by atoms with van der Waals surface area (Å²) in [5.41, 5.74) is 2.82. The Hall–Kier alpha value is -1.36. The van der Waals surface area contributed by atoms with Crippen LogP contribution in [0.1, 0.15) is 18.1 Å². The normalized spacial score (nSPS) is 15.9. The van der Waals surface area contributed by atoms with Crippen molar-refractivity contribution in [2.45, 2.75) is 24.3 Å². The molecule has 2 unspecified atom stereocenters. The Balaban J connectivity index is 1.73. The number of hydrogen-bond acceptors (Lipinski definition) is 2. The molecule has 2 aromatic rings. The molecule has 6 heteroatoms. The van der Waals surface area contributed by atoms with Gasteiger partial charge in [0.1, 0.15) is 5.25 Å². The van der Waals surface area contributed by atoms with E-state index < -0.39 is 16.0 Å². The number of nitrogens with zero attached hydrogens (tertiary/aromatic N) is 1. The van der Waals surface area contributed by atoms with Crippen LogP contribution in [0.2, 0.25) is 10.0 Å². The summed E-state index contributed by atoms with van der Waals surface area (Å²) in [5.74, 6) is 0.127. The van der Waals surface area contributed by atoms with Crippen LogP contribution in [0.25, 0.3) is 0 Å². The van der Waals surface area contributed by atoms with E-state index in [2.05, 4.69) is 0 Å². The second-order valence-electron chi connectivity index (χ2n) is 5.77. The summed E-state index contributed by atoms with van der Waals surface area (Å²) < 4.78 is 12.6. The third-order valence-corrected chi connectivity index (χ3v) is 6.38. The lowest BCUT2D eigenvalue weighted by molar-refractivity contribution is -0.117. The van der Waals surface area contributed by atoms with Crippen LogP contribution in [-0.4, -0.2) is 21.9 Å². The molecule has 3 rings (SSSR count). The second-order valence-corrected chi connectivity index (χ2v) is 8.37. The molecule has 126 valence electrons. The van der Waals surface area contributed by atoms with Crippen LogP contribution in [-0.2, 0) is 27.8 Å². The summed E-state index contributed by atoms with van der Waals surface area (Å²) >= 11 is 12.0. The molecule has 0 spiro atoms. The molecule has 1 aliphatic rings. The van der Waals surface area contributed by atoms with Gasteiger partial charge >= 0.3 is 0 Å². The maximum atomic E-state index is 12.8. The Morgan fingerprint density at radius 1 is 1.25 bits per heavy atom. The SMILES string of the molecule is CC(C(=O)N1CCc2ccccc21)S(=O)Cc1ccc(Cl)cc1Cl. The predicted molar refractivity (Wildman–Crippen MR) is 100 cm³/mol. The fourth-order valence-electron chi connectivity index (χ4n) is 2.82. The first-order valence-electron chi connectivity index (χ1n) is 7.68. The van der Waals surface area contributed by atoms with E-state index in [0.29, 0.717) is 16.6 Å². The van der Waals surface area contributed by atoms with E-state index in [-0.39, 0.29) is 11.7 Å². The minimum absolute atomic E-state index is 0.108. The Morgan fingerprint density at radius 2 is 2.00 bits per heavy atom. The number of para-hydroxylation sites is 1. The number of benzene rings is 2. The average Bonchev–Trinajstić information content (AvgIpc) is 3.00. The predicted octanol–water partition coefficient (Wildman–Crippen LogP) is 4.22. The number of carbonyl (C=O) groups excluding carboxylic acids is 1. The van der Waals surface area contributed by atoms with Crippen LogP contribution >= 0.6 is 23.2 Å². The standard InChI is InChI=1S/C18H17Cl2NO2S/c1-12(24(23)11-14-6-7-15(19)10-16(14)20)18(22)21-9-8-13-4-2-3-5-17(13)21/h2-7,10,12H,8-9,11H2,1H3. The van der Waals surface area contributed by atoms with Crippen molar-refractivity contribution in [3.8, 4) is 0 Å². The van der Waals surface area contributed by atoms with Gasteiger partial charge in [0.25, 0.3) is 0 Å². The highest BCUT2D eigenvalue weighted by Crippen LogP contribution is 2.29. The van der Waals surface area contributed by atoms with E-state index in [9.17, 15) is 9.00 Å². The van der Waals surface area contributed by atoms with Crippen molar-refractivity contribution in [1.82, 2.24) is 0 Å². The smallest absolute Gasteiger partial charge is 0.242 e. The molecule has 1 aliphatic heterocycles. The zero-order valence-electron chi connectivity index (χ0n) is 13.2. The first kappa shape index (κ1) is 17.5. The molecule has 0 saturated heterocycles. The van der Waals surface area contributed by atoms with Crippen molar-refractivity contribution in [1.29, 1.82) is 0 Å². The van der Waals surface area contributed by atoms with Gasteiger partial charge in [-0.25, -0.2) is 0 Å². The number of carbonyl (C=O) groups is 1. The summed E-state index contributed by atoms with van der Waals surface area (Å²) in [5, 5.41) is 0.414. The maximum absolute atomic E-state index is 12.8. The molecule has 0 bridgehead atoms. The van der Waals surface area contributed by atoms with Gasteiger partial charge in [-0.3, -0.25) is 9.00 Å². The molecular formula is C18H17Cl2NO2S. The molecule has 0 aromatic heterocycles. The van der Waals surface area contributed by atoms with E-state index in [1.165, 1.54) is 0 Å². The van der Waals surface area contributed by atoms with Crippen LogP contribution in [0.3, 0.4) is 0 Å². The molecule has 24 heavy (non-hydrogen) atoms. The fourth-order valence-corrected chi connectivity index (χ4v) is 4.53. The second kappa shape index (κ2) is 7.26. The Kier molecular flexibility index (Phi) is 5.28. The lowest BCUT2D eigenvalue weighted by Gasteiger charge is -2.21. The number of rotatable bonds is 4. The van der Waals surface area contributed by atoms with Gasteiger partial charge in [0.15, 0.2) is 0 Å². The van der Waals surface area contributed by atoms with Gasteiger partial charge in [-0.1, -0.05) is 47.5 Å². The van der Waals surface area contributed by atoms with Crippen LogP contribution in [0, 0.1) is 0 Å². The third kappa shape index (κ3) is 3.51. The van der Waals surface area contributed by atoms with E-state index >= 15 is 0 Å². The molecule has 2 aromatic carbocycles.